The lowest BCUT2D eigenvalue weighted by Crippen LogP contribution is -2.38. The van der Waals surface area contributed by atoms with Gasteiger partial charge in [-0.15, -0.1) is 0 Å². The van der Waals surface area contributed by atoms with Gasteiger partial charge >= 0.3 is 6.18 Å². The van der Waals surface area contributed by atoms with E-state index in [1.807, 2.05) is 0 Å². The molecule has 0 radical (unpaired) electrons. The Kier molecular flexibility index (Phi) is 4.52. The molecule has 1 aromatic rings. The highest BCUT2D eigenvalue weighted by Gasteiger charge is 2.31. The van der Waals surface area contributed by atoms with E-state index in [2.05, 4.69) is 10.3 Å². The van der Waals surface area contributed by atoms with Crippen molar-refractivity contribution in [3.8, 4) is 5.88 Å². The fraction of sp³-hybridized carbons (Fsp3) is 0.583. The lowest BCUT2D eigenvalue weighted by atomic mass is 10.1. The van der Waals surface area contributed by atoms with Crippen LogP contribution in [0.15, 0.2) is 12.3 Å². The molecule has 1 atom stereocenters. The molecule has 19 heavy (non-hydrogen) atoms. The van der Waals surface area contributed by atoms with E-state index >= 15 is 0 Å². The summed E-state index contributed by atoms with van der Waals surface area (Å²) in [6.07, 6.45) is -0.473. The second-order valence-corrected chi connectivity index (χ2v) is 4.87. The van der Waals surface area contributed by atoms with Crippen molar-refractivity contribution < 1.29 is 17.9 Å². The smallest absolute Gasteiger partial charge is 0.417 e. The van der Waals surface area contributed by atoms with Crippen molar-refractivity contribution in [1.29, 1.82) is 0 Å². The molecule has 1 aliphatic heterocycles. The van der Waals surface area contributed by atoms with Crippen LogP contribution in [0.2, 0.25) is 5.02 Å². The van der Waals surface area contributed by atoms with Gasteiger partial charge in [-0.1, -0.05) is 18.0 Å². The lowest BCUT2D eigenvalue weighted by Gasteiger charge is -2.23. The third-order valence-electron chi connectivity index (χ3n) is 2.97. The Morgan fingerprint density at radius 1 is 1.42 bits per heavy atom. The van der Waals surface area contributed by atoms with Crippen molar-refractivity contribution in [3.05, 3.63) is 22.8 Å². The third kappa shape index (κ3) is 3.98. The maximum absolute atomic E-state index is 12.4. The Labute approximate surface area is 114 Å². The summed E-state index contributed by atoms with van der Waals surface area (Å²) in [7, 11) is 0. The number of rotatable bonds is 3. The van der Waals surface area contributed by atoms with Crippen molar-refractivity contribution >= 4 is 11.6 Å². The zero-order chi connectivity index (χ0) is 13.9. The van der Waals surface area contributed by atoms with Gasteiger partial charge < -0.3 is 10.1 Å². The number of piperidine rings is 1. The van der Waals surface area contributed by atoms with Crippen LogP contribution in [0.25, 0.3) is 0 Å². The predicted molar refractivity (Wildman–Crippen MR) is 65.4 cm³/mol. The van der Waals surface area contributed by atoms with E-state index in [0.29, 0.717) is 6.61 Å². The molecule has 1 aliphatic rings. The van der Waals surface area contributed by atoms with Gasteiger partial charge in [-0.25, -0.2) is 4.98 Å². The number of aromatic nitrogens is 1. The topological polar surface area (TPSA) is 34.1 Å². The van der Waals surface area contributed by atoms with Gasteiger partial charge in [0.25, 0.3) is 0 Å². The summed E-state index contributed by atoms with van der Waals surface area (Å²) in [6.45, 7) is 1.29. The molecule has 0 aliphatic carbocycles. The van der Waals surface area contributed by atoms with Gasteiger partial charge in [-0.05, 0) is 25.5 Å². The maximum Gasteiger partial charge on any atom is 0.417 e. The number of halogens is 4. The van der Waals surface area contributed by atoms with Crippen LogP contribution in [-0.2, 0) is 6.18 Å². The standard InChI is InChI=1S/C12H14ClF3N2O/c13-10-5-8(12(14,15)16)6-18-11(10)19-7-9-3-1-2-4-17-9/h5-6,9,17H,1-4,7H2/t9-/m1/s1. The predicted octanol–water partition coefficient (Wildman–Crippen LogP) is 3.27. The summed E-state index contributed by atoms with van der Waals surface area (Å²) in [4.78, 5) is 3.63. The monoisotopic (exact) mass is 294 g/mol. The first-order valence-electron chi connectivity index (χ1n) is 6.06. The van der Waals surface area contributed by atoms with Crippen molar-refractivity contribution in [2.75, 3.05) is 13.2 Å². The molecule has 2 rings (SSSR count). The van der Waals surface area contributed by atoms with Gasteiger partial charge in [0.15, 0.2) is 0 Å². The summed E-state index contributed by atoms with van der Waals surface area (Å²) in [5, 5.41) is 3.15. The highest BCUT2D eigenvalue weighted by Crippen LogP contribution is 2.33. The second kappa shape index (κ2) is 5.96. The first-order valence-corrected chi connectivity index (χ1v) is 6.43. The van der Waals surface area contributed by atoms with Crippen LogP contribution in [0, 0.1) is 0 Å². The minimum Gasteiger partial charge on any atom is -0.475 e. The van der Waals surface area contributed by atoms with E-state index < -0.39 is 11.7 Å². The van der Waals surface area contributed by atoms with Crippen LogP contribution in [0.5, 0.6) is 5.88 Å². The van der Waals surface area contributed by atoms with Gasteiger partial charge in [-0.3, -0.25) is 0 Å². The van der Waals surface area contributed by atoms with Crippen LogP contribution in [0.1, 0.15) is 24.8 Å². The molecular weight excluding hydrogens is 281 g/mol. The quantitative estimate of drug-likeness (QED) is 0.929. The Morgan fingerprint density at radius 2 is 2.21 bits per heavy atom. The second-order valence-electron chi connectivity index (χ2n) is 4.47. The van der Waals surface area contributed by atoms with Crippen LogP contribution in [-0.4, -0.2) is 24.2 Å². The molecule has 7 heteroatoms. The molecule has 1 saturated heterocycles. The highest BCUT2D eigenvalue weighted by atomic mass is 35.5. The van der Waals surface area contributed by atoms with E-state index in [0.717, 1.165) is 38.1 Å². The molecule has 0 saturated carbocycles. The molecule has 106 valence electrons. The Bertz CT molecular complexity index is 433. The first kappa shape index (κ1) is 14.4. The van der Waals surface area contributed by atoms with E-state index in [1.54, 1.807) is 0 Å². The van der Waals surface area contributed by atoms with E-state index in [9.17, 15) is 13.2 Å². The normalized spacial score (nSPS) is 20.3. The third-order valence-corrected chi connectivity index (χ3v) is 3.24. The molecule has 0 bridgehead atoms. The van der Waals surface area contributed by atoms with Gasteiger partial charge in [0, 0.05) is 12.2 Å². The Balaban J connectivity index is 1.97. The van der Waals surface area contributed by atoms with Gasteiger partial charge in [0.2, 0.25) is 5.88 Å². The molecule has 0 spiro atoms. The molecule has 3 nitrogen and oxygen atoms in total. The lowest BCUT2D eigenvalue weighted by molar-refractivity contribution is -0.137. The Hall–Kier alpha value is -1.01. The zero-order valence-corrected chi connectivity index (χ0v) is 10.9. The highest BCUT2D eigenvalue weighted by molar-refractivity contribution is 6.31. The summed E-state index contributed by atoms with van der Waals surface area (Å²) >= 11 is 5.75. The minimum atomic E-state index is -4.44. The van der Waals surface area contributed by atoms with Gasteiger partial charge in [0.05, 0.1) is 5.56 Å². The molecule has 0 aromatic carbocycles. The van der Waals surface area contributed by atoms with E-state index in [1.165, 1.54) is 0 Å². The maximum atomic E-state index is 12.4. The molecular formula is C12H14ClF3N2O. The van der Waals surface area contributed by atoms with Crippen molar-refractivity contribution in [3.63, 3.8) is 0 Å². The number of alkyl halides is 3. The van der Waals surface area contributed by atoms with Crippen molar-refractivity contribution in [1.82, 2.24) is 10.3 Å². The fourth-order valence-electron chi connectivity index (χ4n) is 1.93. The number of hydrogen-bond acceptors (Lipinski definition) is 3. The minimum absolute atomic E-state index is 0.0436. The zero-order valence-electron chi connectivity index (χ0n) is 10.1. The molecule has 1 N–H and O–H groups in total. The molecule has 2 heterocycles. The van der Waals surface area contributed by atoms with Crippen LogP contribution in [0.3, 0.4) is 0 Å². The van der Waals surface area contributed by atoms with Crippen LogP contribution >= 0.6 is 11.6 Å². The SMILES string of the molecule is FC(F)(F)c1cnc(OC[C@H]2CCCCN2)c(Cl)c1. The summed E-state index contributed by atoms with van der Waals surface area (Å²) in [5.74, 6) is 0.0436. The number of nitrogens with zero attached hydrogens (tertiary/aromatic N) is 1. The van der Waals surface area contributed by atoms with E-state index in [4.69, 9.17) is 16.3 Å². The molecule has 0 unspecified atom stereocenters. The van der Waals surface area contributed by atoms with Gasteiger partial charge in [-0.2, -0.15) is 13.2 Å². The first-order chi connectivity index (χ1) is 8.97. The largest absolute Gasteiger partial charge is 0.475 e. The Morgan fingerprint density at radius 3 is 2.79 bits per heavy atom. The number of nitrogens with one attached hydrogen (secondary N) is 1. The number of pyridine rings is 1. The number of ether oxygens (including phenoxy) is 1. The summed E-state index contributed by atoms with van der Waals surface area (Å²) in [5.41, 5.74) is -0.874. The van der Waals surface area contributed by atoms with Crippen molar-refractivity contribution in [2.45, 2.75) is 31.5 Å². The molecule has 1 aromatic heterocycles. The average Bonchev–Trinajstić information content (AvgIpc) is 2.37. The van der Waals surface area contributed by atoms with Crippen molar-refractivity contribution in [2.24, 2.45) is 0 Å². The summed E-state index contributed by atoms with van der Waals surface area (Å²) in [6, 6.07) is 1.03. The van der Waals surface area contributed by atoms with E-state index in [-0.39, 0.29) is 16.9 Å². The number of hydrogen-bond donors (Lipinski definition) is 1. The van der Waals surface area contributed by atoms with Gasteiger partial charge in [0.1, 0.15) is 11.6 Å². The molecule has 1 fully saturated rings. The van der Waals surface area contributed by atoms with Crippen LogP contribution < -0.4 is 10.1 Å². The average molecular weight is 295 g/mol. The summed E-state index contributed by atoms with van der Waals surface area (Å²) < 4.78 is 42.7. The van der Waals surface area contributed by atoms with Crippen LogP contribution in [0.4, 0.5) is 13.2 Å². The molecule has 0 amide bonds. The fourth-order valence-corrected chi connectivity index (χ4v) is 2.15.